The first-order valence-electron chi connectivity index (χ1n) is 6.42. The predicted octanol–water partition coefficient (Wildman–Crippen LogP) is 2.06. The second kappa shape index (κ2) is 5.67. The van der Waals surface area contributed by atoms with Crippen LogP contribution in [0.3, 0.4) is 0 Å². The molecular weight excluding hydrogens is 231 g/mol. The predicted molar refractivity (Wildman–Crippen MR) is 70.1 cm³/mol. The van der Waals surface area contributed by atoms with Crippen LogP contribution in [0.1, 0.15) is 18.4 Å². The molecule has 0 unspecified atom stereocenters. The first-order chi connectivity index (χ1) is 8.54. The zero-order chi connectivity index (χ0) is 13.1. The summed E-state index contributed by atoms with van der Waals surface area (Å²) in [5.74, 6) is -0.360. The number of aromatic hydroxyl groups is 1. The highest BCUT2D eigenvalue weighted by Gasteiger charge is 2.20. The fraction of sp³-hybridized carbons (Fsp3) is 0.571. The Morgan fingerprint density at radius 2 is 1.94 bits per heavy atom. The van der Waals surface area contributed by atoms with E-state index >= 15 is 0 Å². The summed E-state index contributed by atoms with van der Waals surface area (Å²) in [5.41, 5.74) is 0.843. The van der Waals surface area contributed by atoms with Crippen molar-refractivity contribution in [2.24, 2.45) is 0 Å². The van der Waals surface area contributed by atoms with Gasteiger partial charge in [-0.15, -0.1) is 0 Å². The molecule has 0 aromatic heterocycles. The molecule has 18 heavy (non-hydrogen) atoms. The molecule has 1 aromatic rings. The highest BCUT2D eigenvalue weighted by molar-refractivity contribution is 5.28. The summed E-state index contributed by atoms with van der Waals surface area (Å²) in [6, 6.07) is 4.93. The fourth-order valence-electron chi connectivity index (χ4n) is 2.58. The van der Waals surface area contributed by atoms with E-state index in [0.29, 0.717) is 12.6 Å². The van der Waals surface area contributed by atoms with E-state index in [2.05, 4.69) is 23.9 Å². The van der Waals surface area contributed by atoms with E-state index in [1.54, 1.807) is 6.07 Å². The van der Waals surface area contributed by atoms with Crippen LogP contribution >= 0.6 is 0 Å². The minimum absolute atomic E-state index is 0.00757. The van der Waals surface area contributed by atoms with Gasteiger partial charge in [0.2, 0.25) is 0 Å². The zero-order valence-corrected chi connectivity index (χ0v) is 11.1. The lowest BCUT2D eigenvalue weighted by Gasteiger charge is -2.35. The van der Waals surface area contributed by atoms with Crippen LogP contribution in [-0.4, -0.2) is 48.1 Å². The number of piperidine rings is 1. The molecule has 0 radical (unpaired) electrons. The van der Waals surface area contributed by atoms with Gasteiger partial charge in [-0.25, -0.2) is 4.39 Å². The van der Waals surface area contributed by atoms with E-state index < -0.39 is 0 Å². The molecule has 2 rings (SSSR count). The molecule has 0 amide bonds. The second-order valence-electron chi connectivity index (χ2n) is 5.29. The highest BCUT2D eigenvalue weighted by atomic mass is 19.1. The lowest BCUT2D eigenvalue weighted by atomic mass is 10.0. The van der Waals surface area contributed by atoms with Gasteiger partial charge in [-0.3, -0.25) is 4.90 Å². The molecular formula is C14H21FN2O. The van der Waals surface area contributed by atoms with Crippen molar-refractivity contribution < 1.29 is 9.50 Å². The maximum Gasteiger partial charge on any atom is 0.127 e. The molecule has 1 aliphatic rings. The van der Waals surface area contributed by atoms with Crippen LogP contribution < -0.4 is 0 Å². The molecule has 1 heterocycles. The molecule has 1 aliphatic heterocycles. The third-order valence-corrected chi connectivity index (χ3v) is 3.64. The first-order valence-corrected chi connectivity index (χ1v) is 6.42. The number of hydrogen-bond donors (Lipinski definition) is 1. The summed E-state index contributed by atoms with van der Waals surface area (Å²) in [5, 5.41) is 9.37. The lowest BCUT2D eigenvalue weighted by molar-refractivity contribution is 0.140. The fourth-order valence-corrected chi connectivity index (χ4v) is 2.58. The number of hydrogen-bond acceptors (Lipinski definition) is 3. The number of rotatable bonds is 3. The summed E-state index contributed by atoms with van der Waals surface area (Å²) < 4.78 is 13.2. The summed E-state index contributed by atoms with van der Waals surface area (Å²) in [7, 11) is 4.23. The van der Waals surface area contributed by atoms with Gasteiger partial charge in [0, 0.05) is 18.7 Å². The molecule has 0 atom stereocenters. The van der Waals surface area contributed by atoms with Gasteiger partial charge in [-0.05, 0) is 57.7 Å². The number of phenols is 1. The Kier molecular flexibility index (Phi) is 4.19. The maximum atomic E-state index is 13.2. The Morgan fingerprint density at radius 3 is 2.50 bits per heavy atom. The van der Waals surface area contributed by atoms with Crippen molar-refractivity contribution in [3.63, 3.8) is 0 Å². The Labute approximate surface area is 108 Å². The van der Waals surface area contributed by atoms with Gasteiger partial charge in [-0.1, -0.05) is 0 Å². The Bertz CT molecular complexity index is 381. The lowest BCUT2D eigenvalue weighted by Crippen LogP contribution is -2.41. The zero-order valence-electron chi connectivity index (χ0n) is 11.1. The topological polar surface area (TPSA) is 26.7 Å². The van der Waals surface area contributed by atoms with Gasteiger partial charge < -0.3 is 10.0 Å². The molecule has 0 saturated carbocycles. The van der Waals surface area contributed by atoms with E-state index in [0.717, 1.165) is 37.6 Å². The van der Waals surface area contributed by atoms with Crippen LogP contribution in [-0.2, 0) is 6.54 Å². The summed E-state index contributed by atoms with van der Waals surface area (Å²) >= 11 is 0. The molecule has 1 fully saturated rings. The maximum absolute atomic E-state index is 13.2. The van der Waals surface area contributed by atoms with E-state index in [1.807, 2.05) is 0 Å². The quantitative estimate of drug-likeness (QED) is 0.892. The summed E-state index contributed by atoms with van der Waals surface area (Å²) in [6.45, 7) is 2.77. The van der Waals surface area contributed by atoms with Crippen LogP contribution in [0.4, 0.5) is 4.39 Å². The van der Waals surface area contributed by atoms with Crippen molar-refractivity contribution in [3.05, 3.63) is 29.6 Å². The normalized spacial score (nSPS) is 18.4. The molecule has 0 bridgehead atoms. The van der Waals surface area contributed by atoms with Crippen LogP contribution in [0.25, 0.3) is 0 Å². The smallest absolute Gasteiger partial charge is 0.127 e. The molecule has 3 nitrogen and oxygen atoms in total. The highest BCUT2D eigenvalue weighted by Crippen LogP contribution is 2.19. The number of likely N-dealkylation sites (tertiary alicyclic amines) is 1. The molecule has 100 valence electrons. The molecule has 4 heteroatoms. The molecule has 1 N–H and O–H groups in total. The van der Waals surface area contributed by atoms with Gasteiger partial charge in [0.25, 0.3) is 0 Å². The van der Waals surface area contributed by atoms with Crippen molar-refractivity contribution in [1.82, 2.24) is 9.80 Å². The average Bonchev–Trinajstić information content (AvgIpc) is 2.28. The first kappa shape index (κ1) is 13.3. The minimum atomic E-state index is -0.367. The van der Waals surface area contributed by atoms with Gasteiger partial charge >= 0.3 is 0 Å². The molecule has 1 aromatic carbocycles. The number of halogens is 1. The molecule has 1 saturated heterocycles. The molecule has 0 spiro atoms. The van der Waals surface area contributed by atoms with Crippen LogP contribution in [0.15, 0.2) is 18.2 Å². The largest absolute Gasteiger partial charge is 0.508 e. The van der Waals surface area contributed by atoms with Crippen LogP contribution in [0.5, 0.6) is 5.75 Å². The Hall–Kier alpha value is -1.13. The van der Waals surface area contributed by atoms with E-state index in [-0.39, 0.29) is 11.6 Å². The third-order valence-electron chi connectivity index (χ3n) is 3.64. The van der Waals surface area contributed by atoms with E-state index in [9.17, 15) is 9.50 Å². The summed E-state index contributed by atoms with van der Waals surface area (Å²) in [4.78, 5) is 4.58. The minimum Gasteiger partial charge on any atom is -0.508 e. The SMILES string of the molecule is CN(C)C1CCN(Cc2cc(O)cc(F)c2)CC1. The van der Waals surface area contributed by atoms with Gasteiger partial charge in [0.1, 0.15) is 11.6 Å². The van der Waals surface area contributed by atoms with E-state index in [4.69, 9.17) is 0 Å². The van der Waals surface area contributed by atoms with Crippen molar-refractivity contribution in [2.75, 3.05) is 27.2 Å². The number of phenolic OH excluding ortho intramolecular Hbond substituents is 1. The Morgan fingerprint density at radius 1 is 1.28 bits per heavy atom. The van der Waals surface area contributed by atoms with Gasteiger partial charge in [0.05, 0.1) is 0 Å². The van der Waals surface area contributed by atoms with Crippen molar-refractivity contribution in [3.8, 4) is 5.75 Å². The second-order valence-corrected chi connectivity index (χ2v) is 5.29. The van der Waals surface area contributed by atoms with Gasteiger partial charge in [0.15, 0.2) is 0 Å². The average molecular weight is 252 g/mol. The summed E-state index contributed by atoms with van der Waals surface area (Å²) in [6.07, 6.45) is 2.29. The number of benzene rings is 1. The monoisotopic (exact) mass is 252 g/mol. The standard InChI is InChI=1S/C14H21FN2O/c1-16(2)13-3-5-17(6-4-13)10-11-7-12(15)9-14(18)8-11/h7-9,13,18H,3-6,10H2,1-2H3. The van der Waals surface area contributed by atoms with Crippen LogP contribution in [0, 0.1) is 5.82 Å². The Balaban J connectivity index is 1.91. The molecule has 0 aliphatic carbocycles. The van der Waals surface area contributed by atoms with Crippen molar-refractivity contribution in [1.29, 1.82) is 0 Å². The van der Waals surface area contributed by atoms with Gasteiger partial charge in [-0.2, -0.15) is 0 Å². The van der Waals surface area contributed by atoms with Crippen LogP contribution in [0.2, 0.25) is 0 Å². The van der Waals surface area contributed by atoms with E-state index in [1.165, 1.54) is 6.07 Å². The van der Waals surface area contributed by atoms with Crippen molar-refractivity contribution >= 4 is 0 Å². The van der Waals surface area contributed by atoms with Crippen molar-refractivity contribution in [2.45, 2.75) is 25.4 Å². The number of nitrogens with zero attached hydrogens (tertiary/aromatic N) is 2. The third kappa shape index (κ3) is 3.43.